The average molecular weight is 389 g/mol. The molecular formula is C17H13N2O5S2-. The SMILES string of the molecule is COC(=O)c1ccc(CSc2nc3sc(C(=O)[O-])c(C)c3c(=O)[nH]2)cc1. The lowest BCUT2D eigenvalue weighted by molar-refractivity contribution is -0.254. The van der Waals surface area contributed by atoms with Crippen molar-refractivity contribution in [3.8, 4) is 0 Å². The standard InChI is InChI=1S/C17H14N2O5S2/c1-8-11-13(20)18-17(19-14(11)26-12(8)15(21)22)25-7-9-3-5-10(6-4-9)16(23)24-2/h3-6H,7H2,1-2H3,(H,21,22)(H,18,19,20)/p-1. The topological polar surface area (TPSA) is 112 Å². The summed E-state index contributed by atoms with van der Waals surface area (Å²) in [4.78, 5) is 42.2. The average Bonchev–Trinajstić information content (AvgIpc) is 2.97. The molecule has 0 unspecified atom stereocenters. The number of fused-ring (bicyclic) bond motifs is 1. The van der Waals surface area contributed by atoms with Crippen LogP contribution in [0, 0.1) is 6.92 Å². The number of aromatic carboxylic acids is 1. The van der Waals surface area contributed by atoms with Gasteiger partial charge in [0.25, 0.3) is 5.56 Å². The number of rotatable bonds is 5. The van der Waals surface area contributed by atoms with Gasteiger partial charge in [0.15, 0.2) is 5.16 Å². The number of thioether (sulfide) groups is 1. The van der Waals surface area contributed by atoms with Crippen LogP contribution in [0.5, 0.6) is 0 Å². The Kier molecular flexibility index (Phi) is 5.10. The van der Waals surface area contributed by atoms with Gasteiger partial charge in [-0.1, -0.05) is 23.9 Å². The van der Waals surface area contributed by atoms with Crippen LogP contribution in [0.15, 0.2) is 34.2 Å². The predicted octanol–water partition coefficient (Wildman–Crippen LogP) is 1.74. The number of benzene rings is 1. The molecule has 1 N–H and O–H groups in total. The maximum absolute atomic E-state index is 12.3. The molecule has 7 nitrogen and oxygen atoms in total. The number of hydrogen-bond acceptors (Lipinski definition) is 8. The lowest BCUT2D eigenvalue weighted by Crippen LogP contribution is -2.21. The first-order valence-corrected chi connectivity index (χ1v) is 9.25. The highest BCUT2D eigenvalue weighted by Gasteiger charge is 2.15. The summed E-state index contributed by atoms with van der Waals surface area (Å²) >= 11 is 2.24. The Morgan fingerprint density at radius 3 is 2.62 bits per heavy atom. The van der Waals surface area contributed by atoms with E-state index in [1.165, 1.54) is 18.9 Å². The maximum Gasteiger partial charge on any atom is 0.337 e. The lowest BCUT2D eigenvalue weighted by Gasteiger charge is -2.03. The van der Waals surface area contributed by atoms with E-state index in [-0.39, 0.29) is 15.8 Å². The summed E-state index contributed by atoms with van der Waals surface area (Å²) in [6.07, 6.45) is 0. The Bertz CT molecular complexity index is 1050. The number of hydrogen-bond donors (Lipinski definition) is 1. The molecule has 9 heteroatoms. The quantitative estimate of drug-likeness (QED) is 0.402. The number of ether oxygens (including phenoxy) is 1. The van der Waals surface area contributed by atoms with Crippen molar-refractivity contribution in [1.29, 1.82) is 0 Å². The molecule has 1 aromatic carbocycles. The summed E-state index contributed by atoms with van der Waals surface area (Å²) < 4.78 is 4.65. The molecule has 0 aliphatic carbocycles. The number of aryl methyl sites for hydroxylation is 1. The van der Waals surface area contributed by atoms with Crippen molar-refractivity contribution in [2.24, 2.45) is 0 Å². The number of nitrogens with zero attached hydrogens (tertiary/aromatic N) is 1. The van der Waals surface area contributed by atoms with Crippen LogP contribution >= 0.6 is 23.1 Å². The van der Waals surface area contributed by atoms with Crippen LogP contribution in [-0.4, -0.2) is 29.0 Å². The second kappa shape index (κ2) is 7.30. The minimum absolute atomic E-state index is 0.0125. The van der Waals surface area contributed by atoms with Crippen molar-refractivity contribution < 1.29 is 19.4 Å². The third-order valence-corrected chi connectivity index (χ3v) is 5.82. The number of carbonyl (C=O) groups is 2. The van der Waals surface area contributed by atoms with Gasteiger partial charge >= 0.3 is 5.97 Å². The first-order chi connectivity index (χ1) is 12.4. The smallest absolute Gasteiger partial charge is 0.337 e. The van der Waals surface area contributed by atoms with E-state index in [1.807, 2.05) is 0 Å². The van der Waals surface area contributed by atoms with Crippen LogP contribution in [0.1, 0.15) is 31.2 Å². The number of aromatic nitrogens is 2. The molecule has 0 saturated carbocycles. The summed E-state index contributed by atoms with van der Waals surface area (Å²) in [6.45, 7) is 1.57. The van der Waals surface area contributed by atoms with Gasteiger partial charge in [0.2, 0.25) is 0 Å². The number of esters is 1. The number of H-pyrrole nitrogens is 1. The van der Waals surface area contributed by atoms with Gasteiger partial charge in [-0.25, -0.2) is 9.78 Å². The van der Waals surface area contributed by atoms with Gasteiger partial charge < -0.3 is 19.6 Å². The van der Waals surface area contributed by atoms with Gasteiger partial charge in [0.05, 0.1) is 28.9 Å². The summed E-state index contributed by atoms with van der Waals surface area (Å²) in [7, 11) is 1.32. The molecule has 3 rings (SSSR count). The van der Waals surface area contributed by atoms with Crippen LogP contribution in [0.3, 0.4) is 0 Å². The number of aromatic amines is 1. The van der Waals surface area contributed by atoms with E-state index in [1.54, 1.807) is 31.2 Å². The number of carbonyl (C=O) groups excluding carboxylic acids is 2. The van der Waals surface area contributed by atoms with E-state index in [9.17, 15) is 19.5 Å². The van der Waals surface area contributed by atoms with Gasteiger partial charge in [-0.05, 0) is 30.2 Å². The highest BCUT2D eigenvalue weighted by atomic mass is 32.2. The molecule has 0 amide bonds. The summed E-state index contributed by atoms with van der Waals surface area (Å²) in [5, 5.41) is 11.8. The van der Waals surface area contributed by atoms with Gasteiger partial charge in [0, 0.05) is 5.75 Å². The van der Waals surface area contributed by atoms with Crippen molar-refractivity contribution in [2.75, 3.05) is 7.11 Å². The van der Waals surface area contributed by atoms with Crippen molar-refractivity contribution in [1.82, 2.24) is 9.97 Å². The van der Waals surface area contributed by atoms with E-state index in [2.05, 4.69) is 14.7 Å². The molecule has 0 atom stereocenters. The monoisotopic (exact) mass is 389 g/mol. The van der Waals surface area contributed by atoms with Crippen molar-refractivity contribution in [3.63, 3.8) is 0 Å². The molecule has 134 valence electrons. The molecule has 0 fully saturated rings. The Morgan fingerprint density at radius 1 is 1.31 bits per heavy atom. The fourth-order valence-corrected chi connectivity index (χ4v) is 4.28. The fourth-order valence-electron chi connectivity index (χ4n) is 2.39. The lowest BCUT2D eigenvalue weighted by atomic mass is 10.1. The first-order valence-electron chi connectivity index (χ1n) is 7.45. The first kappa shape index (κ1) is 18.2. The largest absolute Gasteiger partial charge is 0.544 e. The molecule has 0 spiro atoms. The Hall–Kier alpha value is -2.65. The van der Waals surface area contributed by atoms with Crippen LogP contribution in [0.4, 0.5) is 0 Å². The van der Waals surface area contributed by atoms with Gasteiger partial charge in [-0.15, -0.1) is 11.3 Å². The molecule has 0 bridgehead atoms. The second-order valence-corrected chi connectivity index (χ2v) is 7.34. The Morgan fingerprint density at radius 2 is 2.00 bits per heavy atom. The molecule has 0 radical (unpaired) electrons. The third kappa shape index (κ3) is 3.49. The van der Waals surface area contributed by atoms with E-state index >= 15 is 0 Å². The highest BCUT2D eigenvalue weighted by molar-refractivity contribution is 7.98. The zero-order chi connectivity index (χ0) is 18.8. The molecule has 0 saturated heterocycles. The summed E-state index contributed by atoms with van der Waals surface area (Å²) in [5.74, 6) is -1.20. The van der Waals surface area contributed by atoms with Gasteiger partial charge in [-0.3, -0.25) is 4.79 Å². The molecule has 26 heavy (non-hydrogen) atoms. The zero-order valence-electron chi connectivity index (χ0n) is 13.8. The molecule has 2 heterocycles. The van der Waals surface area contributed by atoms with E-state index in [4.69, 9.17) is 0 Å². The predicted molar refractivity (Wildman–Crippen MR) is 96.7 cm³/mol. The van der Waals surface area contributed by atoms with Gasteiger partial charge in [0.1, 0.15) is 4.83 Å². The number of thiophene rings is 1. The fraction of sp³-hybridized carbons (Fsp3) is 0.176. The number of nitrogens with one attached hydrogen (secondary N) is 1. The van der Waals surface area contributed by atoms with Crippen LogP contribution in [0.2, 0.25) is 0 Å². The normalized spacial score (nSPS) is 10.8. The van der Waals surface area contributed by atoms with E-state index < -0.39 is 11.9 Å². The molecule has 0 aliphatic rings. The number of methoxy groups -OCH3 is 1. The number of carboxylic acids is 1. The maximum atomic E-state index is 12.3. The molecular weight excluding hydrogens is 376 g/mol. The van der Waals surface area contributed by atoms with Crippen molar-refractivity contribution >= 4 is 45.3 Å². The minimum Gasteiger partial charge on any atom is -0.544 e. The van der Waals surface area contributed by atoms with Crippen LogP contribution in [-0.2, 0) is 10.5 Å². The molecule has 3 aromatic rings. The van der Waals surface area contributed by atoms with Crippen molar-refractivity contribution in [3.05, 3.63) is 56.2 Å². The highest BCUT2D eigenvalue weighted by Crippen LogP contribution is 2.28. The molecule has 2 aromatic heterocycles. The Balaban J connectivity index is 1.82. The second-order valence-electron chi connectivity index (χ2n) is 5.37. The van der Waals surface area contributed by atoms with E-state index in [0.29, 0.717) is 26.9 Å². The summed E-state index contributed by atoms with van der Waals surface area (Å²) in [5.41, 5.74) is 1.38. The Labute approximate surface area is 156 Å². The third-order valence-electron chi connectivity index (χ3n) is 3.71. The zero-order valence-corrected chi connectivity index (χ0v) is 15.5. The van der Waals surface area contributed by atoms with Crippen LogP contribution < -0.4 is 10.7 Å². The number of carboxylic acid groups (broad SMARTS) is 1. The molecule has 0 aliphatic heterocycles. The van der Waals surface area contributed by atoms with E-state index in [0.717, 1.165) is 16.9 Å². The summed E-state index contributed by atoms with van der Waals surface area (Å²) in [6, 6.07) is 6.91. The van der Waals surface area contributed by atoms with Crippen LogP contribution in [0.25, 0.3) is 10.2 Å². The minimum atomic E-state index is -1.32. The van der Waals surface area contributed by atoms with Gasteiger partial charge in [-0.2, -0.15) is 0 Å². The van der Waals surface area contributed by atoms with Crippen molar-refractivity contribution in [2.45, 2.75) is 17.8 Å².